The van der Waals surface area contributed by atoms with Gasteiger partial charge in [0.25, 0.3) is 5.91 Å². The van der Waals surface area contributed by atoms with E-state index in [1.807, 2.05) is 62.4 Å². The van der Waals surface area contributed by atoms with Gasteiger partial charge >= 0.3 is 6.01 Å². The van der Waals surface area contributed by atoms with E-state index in [0.29, 0.717) is 18.2 Å². The molecule has 0 unspecified atom stereocenters. The summed E-state index contributed by atoms with van der Waals surface area (Å²) in [5.74, 6) is 0.354. The van der Waals surface area contributed by atoms with Gasteiger partial charge in [-0.1, -0.05) is 35.4 Å². The van der Waals surface area contributed by atoms with E-state index in [1.54, 1.807) is 4.90 Å². The highest BCUT2D eigenvalue weighted by Crippen LogP contribution is 2.31. The van der Waals surface area contributed by atoms with Crippen molar-refractivity contribution in [2.24, 2.45) is 0 Å². The quantitative estimate of drug-likeness (QED) is 0.675. The molecule has 1 fully saturated rings. The molecule has 8 heteroatoms. The van der Waals surface area contributed by atoms with E-state index in [9.17, 15) is 9.59 Å². The van der Waals surface area contributed by atoms with Gasteiger partial charge in [0.1, 0.15) is 5.75 Å². The minimum atomic E-state index is -0.403. The summed E-state index contributed by atoms with van der Waals surface area (Å²) in [6, 6.07) is 15.1. The standard InChI is InChI=1S/C22H22N4O4/c1-14-7-6-10-18(15(14)2)29-13-19(27)23-22-25-24-21(30-22)16-11-20(28)26(12-16)17-8-4-3-5-9-17/h3-10,16H,11-13H2,1-2H3,(H,23,25,27)/t16-/m0/s1. The third-order valence-electron chi connectivity index (χ3n) is 5.14. The van der Waals surface area contributed by atoms with Crippen LogP contribution in [0.2, 0.25) is 0 Å². The van der Waals surface area contributed by atoms with E-state index in [-0.39, 0.29) is 30.9 Å². The number of rotatable bonds is 6. The van der Waals surface area contributed by atoms with Crippen LogP contribution < -0.4 is 15.0 Å². The zero-order valence-corrected chi connectivity index (χ0v) is 16.8. The Hall–Kier alpha value is -3.68. The number of carbonyl (C=O) groups excluding carboxylic acids is 2. The first-order valence-electron chi connectivity index (χ1n) is 9.69. The highest BCUT2D eigenvalue weighted by Gasteiger charge is 2.35. The third-order valence-corrected chi connectivity index (χ3v) is 5.14. The number of aryl methyl sites for hydroxylation is 1. The molecule has 0 saturated carbocycles. The van der Waals surface area contributed by atoms with Crippen molar-refractivity contribution in [1.29, 1.82) is 0 Å². The minimum absolute atomic E-state index is 0.00286. The first kappa shape index (κ1) is 19.6. The van der Waals surface area contributed by atoms with E-state index in [2.05, 4.69) is 15.5 Å². The number of hydrogen-bond acceptors (Lipinski definition) is 6. The summed E-state index contributed by atoms with van der Waals surface area (Å²) < 4.78 is 11.2. The van der Waals surface area contributed by atoms with E-state index in [4.69, 9.17) is 9.15 Å². The maximum absolute atomic E-state index is 12.4. The first-order valence-corrected chi connectivity index (χ1v) is 9.69. The lowest BCUT2D eigenvalue weighted by molar-refractivity contribution is -0.118. The number of amides is 2. The number of carbonyl (C=O) groups is 2. The van der Waals surface area contributed by atoms with E-state index >= 15 is 0 Å². The molecule has 4 rings (SSSR count). The zero-order chi connectivity index (χ0) is 21.1. The molecule has 0 bridgehead atoms. The maximum Gasteiger partial charge on any atom is 0.322 e. The summed E-state index contributed by atoms with van der Waals surface area (Å²) in [6.07, 6.45) is 0.278. The third kappa shape index (κ3) is 4.17. The van der Waals surface area contributed by atoms with Crippen LogP contribution in [0.1, 0.15) is 29.4 Å². The fraction of sp³-hybridized carbons (Fsp3) is 0.273. The van der Waals surface area contributed by atoms with Crippen LogP contribution in [0, 0.1) is 13.8 Å². The highest BCUT2D eigenvalue weighted by molar-refractivity contribution is 5.96. The fourth-order valence-corrected chi connectivity index (χ4v) is 3.36. The molecule has 1 N–H and O–H groups in total. The molecule has 30 heavy (non-hydrogen) atoms. The number of nitrogens with zero attached hydrogens (tertiary/aromatic N) is 3. The second-order valence-electron chi connectivity index (χ2n) is 7.22. The lowest BCUT2D eigenvalue weighted by Crippen LogP contribution is -2.24. The lowest BCUT2D eigenvalue weighted by Gasteiger charge is -2.15. The van der Waals surface area contributed by atoms with Gasteiger partial charge in [0, 0.05) is 18.7 Å². The van der Waals surface area contributed by atoms with Crippen LogP contribution in [-0.4, -0.2) is 35.2 Å². The topological polar surface area (TPSA) is 97.6 Å². The Morgan fingerprint density at radius 2 is 1.97 bits per heavy atom. The number of benzene rings is 2. The molecule has 1 aromatic heterocycles. The predicted octanol–water partition coefficient (Wildman–Crippen LogP) is 3.22. The SMILES string of the molecule is Cc1cccc(OCC(=O)Nc2nnc([C@H]3CC(=O)N(c4ccccc4)C3)o2)c1C. The van der Waals surface area contributed by atoms with Crippen molar-refractivity contribution in [1.82, 2.24) is 10.2 Å². The molecular formula is C22H22N4O4. The number of ether oxygens (including phenoxy) is 1. The maximum atomic E-state index is 12.4. The molecule has 0 aliphatic carbocycles. The Kier molecular flexibility index (Phi) is 5.47. The Labute approximate surface area is 173 Å². The van der Waals surface area contributed by atoms with Gasteiger partial charge in [-0.25, -0.2) is 0 Å². The molecule has 1 aliphatic heterocycles. The van der Waals surface area contributed by atoms with Crippen LogP contribution in [0.15, 0.2) is 52.9 Å². The summed E-state index contributed by atoms with van der Waals surface area (Å²) in [4.78, 5) is 26.2. The molecule has 1 aliphatic rings. The smallest absolute Gasteiger partial charge is 0.322 e. The average molecular weight is 406 g/mol. The summed E-state index contributed by atoms with van der Waals surface area (Å²) >= 11 is 0. The molecule has 2 heterocycles. The van der Waals surface area contributed by atoms with Crippen LogP contribution in [0.3, 0.4) is 0 Å². The molecule has 0 radical (unpaired) electrons. The van der Waals surface area contributed by atoms with Crippen molar-refractivity contribution in [3.05, 3.63) is 65.5 Å². The molecular weight excluding hydrogens is 384 g/mol. The predicted molar refractivity (Wildman–Crippen MR) is 110 cm³/mol. The Bertz CT molecular complexity index is 1060. The number of para-hydroxylation sites is 1. The molecule has 154 valence electrons. The molecule has 2 aromatic carbocycles. The minimum Gasteiger partial charge on any atom is -0.483 e. The number of nitrogens with one attached hydrogen (secondary N) is 1. The second-order valence-corrected chi connectivity index (χ2v) is 7.22. The van der Waals surface area contributed by atoms with E-state index in [1.165, 1.54) is 0 Å². The van der Waals surface area contributed by atoms with Crippen LogP contribution in [0.25, 0.3) is 0 Å². The van der Waals surface area contributed by atoms with Gasteiger partial charge in [-0.15, -0.1) is 5.10 Å². The van der Waals surface area contributed by atoms with Crippen molar-refractivity contribution < 1.29 is 18.7 Å². The van der Waals surface area contributed by atoms with Gasteiger partial charge in [0.15, 0.2) is 6.61 Å². The largest absolute Gasteiger partial charge is 0.483 e. The van der Waals surface area contributed by atoms with Crippen LogP contribution in [0.4, 0.5) is 11.7 Å². The Balaban J connectivity index is 1.34. The zero-order valence-electron chi connectivity index (χ0n) is 16.8. The Morgan fingerprint density at radius 3 is 2.77 bits per heavy atom. The number of hydrogen-bond donors (Lipinski definition) is 1. The van der Waals surface area contributed by atoms with Gasteiger partial charge in [0.2, 0.25) is 11.8 Å². The fourth-order valence-electron chi connectivity index (χ4n) is 3.36. The highest BCUT2D eigenvalue weighted by atomic mass is 16.5. The Morgan fingerprint density at radius 1 is 1.17 bits per heavy atom. The monoisotopic (exact) mass is 406 g/mol. The van der Waals surface area contributed by atoms with Crippen molar-refractivity contribution in [3.63, 3.8) is 0 Å². The normalized spacial score (nSPS) is 16.0. The summed E-state index contributed by atoms with van der Waals surface area (Å²) in [6.45, 7) is 4.20. The molecule has 1 saturated heterocycles. The summed E-state index contributed by atoms with van der Waals surface area (Å²) in [5.41, 5.74) is 2.91. The average Bonchev–Trinajstić information content (AvgIpc) is 3.36. The van der Waals surface area contributed by atoms with E-state index < -0.39 is 5.91 Å². The summed E-state index contributed by atoms with van der Waals surface area (Å²) in [7, 11) is 0. The number of aromatic nitrogens is 2. The second kappa shape index (κ2) is 8.36. The van der Waals surface area contributed by atoms with Crippen LogP contribution in [0.5, 0.6) is 5.75 Å². The van der Waals surface area contributed by atoms with Gasteiger partial charge in [-0.2, -0.15) is 0 Å². The summed E-state index contributed by atoms with van der Waals surface area (Å²) in [5, 5.41) is 10.4. The van der Waals surface area contributed by atoms with Crippen molar-refractivity contribution in [2.75, 3.05) is 23.4 Å². The first-order chi connectivity index (χ1) is 14.5. The van der Waals surface area contributed by atoms with Crippen LogP contribution in [-0.2, 0) is 9.59 Å². The van der Waals surface area contributed by atoms with Gasteiger partial charge in [0.05, 0.1) is 5.92 Å². The van der Waals surface area contributed by atoms with Crippen LogP contribution >= 0.6 is 0 Å². The van der Waals surface area contributed by atoms with Crippen molar-refractivity contribution in [2.45, 2.75) is 26.2 Å². The van der Waals surface area contributed by atoms with Gasteiger partial charge < -0.3 is 14.1 Å². The van der Waals surface area contributed by atoms with E-state index in [0.717, 1.165) is 16.8 Å². The molecule has 3 aromatic rings. The molecule has 8 nitrogen and oxygen atoms in total. The number of anilines is 2. The molecule has 1 atom stereocenters. The molecule has 0 spiro atoms. The van der Waals surface area contributed by atoms with Gasteiger partial charge in [-0.05, 0) is 43.2 Å². The van der Waals surface area contributed by atoms with Crippen molar-refractivity contribution in [3.8, 4) is 5.75 Å². The van der Waals surface area contributed by atoms with Crippen molar-refractivity contribution >= 4 is 23.5 Å². The van der Waals surface area contributed by atoms with Gasteiger partial charge in [-0.3, -0.25) is 14.9 Å². The molecule has 2 amide bonds. The lowest BCUT2D eigenvalue weighted by atomic mass is 10.1.